The Morgan fingerprint density at radius 2 is 0.750 bits per heavy atom. The number of hydrogen-bond donors (Lipinski definition) is 0. The zero-order valence-electron chi connectivity index (χ0n) is 28.2. The summed E-state index contributed by atoms with van der Waals surface area (Å²) < 4.78 is 0. The van der Waals surface area contributed by atoms with Crippen LogP contribution in [0.3, 0.4) is 0 Å². The van der Waals surface area contributed by atoms with E-state index >= 15 is 0 Å². The molecule has 0 aliphatic carbocycles. The molecule has 1 aromatic heterocycles. The molecule has 0 fully saturated rings. The third-order valence-electron chi connectivity index (χ3n) is 10.1. The van der Waals surface area contributed by atoms with Gasteiger partial charge in [-0.2, -0.15) is 0 Å². The Bertz CT molecular complexity index is 2960. The van der Waals surface area contributed by atoms with Crippen molar-refractivity contribution in [2.45, 2.75) is 0 Å². The summed E-state index contributed by atoms with van der Waals surface area (Å²) in [6.45, 7) is 0. The molecule has 0 saturated carbocycles. The first-order chi connectivity index (χ1) is 25.8. The molecule has 0 aliphatic heterocycles. The molecule has 10 aromatic rings. The van der Waals surface area contributed by atoms with Crippen LogP contribution in [0.15, 0.2) is 188 Å². The van der Waals surface area contributed by atoms with Gasteiger partial charge in [0.2, 0.25) is 0 Å². The number of fused-ring (bicyclic) bond motifs is 5. The van der Waals surface area contributed by atoms with Crippen molar-refractivity contribution in [3.05, 3.63) is 188 Å². The smallest absolute Gasteiger partial charge is 0.165 e. The molecule has 0 spiro atoms. The van der Waals surface area contributed by atoms with Crippen molar-refractivity contribution in [1.29, 1.82) is 0 Å². The van der Waals surface area contributed by atoms with E-state index in [-0.39, 0.29) is 0 Å². The molecule has 52 heavy (non-hydrogen) atoms. The molecular weight excluding hydrogens is 631 g/mol. The Labute approximate surface area is 301 Å². The highest BCUT2D eigenvalue weighted by atomic mass is 15.0. The maximum atomic E-state index is 5.43. The highest BCUT2D eigenvalue weighted by Crippen LogP contribution is 2.41. The molecule has 0 amide bonds. The van der Waals surface area contributed by atoms with Gasteiger partial charge in [0.05, 0.1) is 0 Å². The number of benzene rings is 9. The van der Waals surface area contributed by atoms with Gasteiger partial charge >= 0.3 is 0 Å². The average Bonchev–Trinajstić information content (AvgIpc) is 3.22. The van der Waals surface area contributed by atoms with Crippen LogP contribution in [0, 0.1) is 0 Å². The molecule has 242 valence electrons. The number of hydrogen-bond acceptors (Lipinski definition) is 3. The van der Waals surface area contributed by atoms with Crippen LogP contribution in [-0.4, -0.2) is 15.0 Å². The Balaban J connectivity index is 1.31. The summed E-state index contributed by atoms with van der Waals surface area (Å²) in [5, 5.41) is 9.32. The quantitative estimate of drug-likeness (QED) is 0.136. The lowest BCUT2D eigenvalue weighted by molar-refractivity contribution is 1.08. The third-order valence-corrected chi connectivity index (χ3v) is 10.1. The molecule has 3 heteroatoms. The van der Waals surface area contributed by atoms with Crippen molar-refractivity contribution in [1.82, 2.24) is 15.0 Å². The fourth-order valence-corrected chi connectivity index (χ4v) is 7.71. The Morgan fingerprint density at radius 1 is 0.250 bits per heavy atom. The van der Waals surface area contributed by atoms with Gasteiger partial charge in [-0.05, 0) is 71.4 Å². The Hall–Kier alpha value is -6.97. The van der Waals surface area contributed by atoms with Crippen LogP contribution in [0.1, 0.15) is 0 Å². The molecule has 0 bridgehead atoms. The summed E-state index contributed by atoms with van der Waals surface area (Å²) in [5.41, 5.74) is 7.31. The minimum atomic E-state index is 0.633. The van der Waals surface area contributed by atoms with Gasteiger partial charge in [0.25, 0.3) is 0 Å². The van der Waals surface area contributed by atoms with Crippen LogP contribution in [0.4, 0.5) is 0 Å². The predicted octanol–water partition coefficient (Wildman–Crippen LogP) is 12.8. The van der Waals surface area contributed by atoms with Gasteiger partial charge < -0.3 is 0 Å². The first-order valence-corrected chi connectivity index (χ1v) is 17.6. The second-order valence-corrected chi connectivity index (χ2v) is 13.1. The molecular formula is C49H31N3. The standard InChI is InChI=1S/C49H31N3/c1-2-15-32(16-3-1)37-22-10-12-26-43(37)47-50-48(44-27-13-11-25-41(44)40-28-14-20-33-17-4-7-21-36(33)40)52-49(51-47)46-39-24-9-6-19-35(39)31-45-38-23-8-5-18-34(38)29-30-42(45)46/h1-31H. The highest BCUT2D eigenvalue weighted by molar-refractivity contribution is 6.19. The minimum Gasteiger partial charge on any atom is -0.208 e. The van der Waals surface area contributed by atoms with Crippen molar-refractivity contribution in [2.24, 2.45) is 0 Å². The summed E-state index contributed by atoms with van der Waals surface area (Å²) in [6.07, 6.45) is 0. The van der Waals surface area contributed by atoms with Gasteiger partial charge in [-0.25, -0.2) is 15.0 Å². The van der Waals surface area contributed by atoms with Gasteiger partial charge in [0.1, 0.15) is 0 Å². The maximum Gasteiger partial charge on any atom is 0.165 e. The van der Waals surface area contributed by atoms with Crippen LogP contribution in [0.2, 0.25) is 0 Å². The van der Waals surface area contributed by atoms with Gasteiger partial charge in [0, 0.05) is 16.7 Å². The molecule has 10 rings (SSSR count). The lowest BCUT2D eigenvalue weighted by Crippen LogP contribution is -2.03. The summed E-state index contributed by atoms with van der Waals surface area (Å²) in [5.74, 6) is 1.91. The van der Waals surface area contributed by atoms with E-state index in [0.29, 0.717) is 17.5 Å². The number of nitrogens with zero attached hydrogens (tertiary/aromatic N) is 3. The minimum absolute atomic E-state index is 0.633. The first-order valence-electron chi connectivity index (χ1n) is 17.6. The third kappa shape index (κ3) is 5.02. The Morgan fingerprint density at radius 3 is 1.50 bits per heavy atom. The number of aromatic nitrogens is 3. The molecule has 0 unspecified atom stereocenters. The highest BCUT2D eigenvalue weighted by Gasteiger charge is 2.21. The van der Waals surface area contributed by atoms with Crippen molar-refractivity contribution in [3.8, 4) is 56.4 Å². The SMILES string of the molecule is c1ccc(-c2ccccc2-c2nc(-c3ccccc3-c3cccc4ccccc34)nc(-c3c4ccccc4cc4c3ccc3ccccc34)n2)cc1. The maximum absolute atomic E-state index is 5.43. The van der Waals surface area contributed by atoms with Crippen molar-refractivity contribution in [3.63, 3.8) is 0 Å². The molecule has 0 N–H and O–H groups in total. The zero-order chi connectivity index (χ0) is 34.4. The number of rotatable bonds is 5. The van der Waals surface area contributed by atoms with Gasteiger partial charge in [0.15, 0.2) is 17.5 Å². The topological polar surface area (TPSA) is 38.7 Å². The van der Waals surface area contributed by atoms with E-state index in [1.54, 1.807) is 0 Å². The molecule has 3 nitrogen and oxygen atoms in total. The Kier molecular flexibility index (Phi) is 7.14. The normalized spacial score (nSPS) is 11.5. The largest absolute Gasteiger partial charge is 0.208 e. The molecule has 0 radical (unpaired) electrons. The van der Waals surface area contributed by atoms with E-state index in [4.69, 9.17) is 15.0 Å². The summed E-state index contributed by atoms with van der Waals surface area (Å²) in [7, 11) is 0. The van der Waals surface area contributed by atoms with Gasteiger partial charge in [-0.15, -0.1) is 0 Å². The molecule has 0 aliphatic rings. The summed E-state index contributed by atoms with van der Waals surface area (Å²) in [6, 6.07) is 66.3. The van der Waals surface area contributed by atoms with E-state index in [2.05, 4.69) is 182 Å². The van der Waals surface area contributed by atoms with Crippen molar-refractivity contribution in [2.75, 3.05) is 0 Å². The van der Waals surface area contributed by atoms with E-state index in [1.807, 2.05) is 6.07 Å². The van der Waals surface area contributed by atoms with Crippen LogP contribution < -0.4 is 0 Å². The van der Waals surface area contributed by atoms with Crippen molar-refractivity contribution < 1.29 is 0 Å². The molecule has 0 saturated heterocycles. The van der Waals surface area contributed by atoms with Gasteiger partial charge in [-0.3, -0.25) is 0 Å². The second-order valence-electron chi connectivity index (χ2n) is 13.1. The lowest BCUT2D eigenvalue weighted by Gasteiger charge is -2.17. The first kappa shape index (κ1) is 29.9. The van der Waals surface area contributed by atoms with Crippen molar-refractivity contribution >= 4 is 43.1 Å². The zero-order valence-corrected chi connectivity index (χ0v) is 28.2. The van der Waals surface area contributed by atoms with Crippen LogP contribution in [0.25, 0.3) is 99.5 Å². The fourth-order valence-electron chi connectivity index (χ4n) is 7.71. The van der Waals surface area contributed by atoms with Crippen LogP contribution >= 0.6 is 0 Å². The van der Waals surface area contributed by atoms with E-state index in [1.165, 1.54) is 26.9 Å². The van der Waals surface area contributed by atoms with E-state index in [0.717, 1.165) is 55.1 Å². The molecule has 1 heterocycles. The summed E-state index contributed by atoms with van der Waals surface area (Å²) in [4.78, 5) is 16.2. The lowest BCUT2D eigenvalue weighted by atomic mass is 9.92. The molecule has 9 aromatic carbocycles. The van der Waals surface area contributed by atoms with Gasteiger partial charge in [-0.1, -0.05) is 182 Å². The molecule has 0 atom stereocenters. The monoisotopic (exact) mass is 661 g/mol. The van der Waals surface area contributed by atoms with Crippen LogP contribution in [0.5, 0.6) is 0 Å². The fraction of sp³-hybridized carbons (Fsp3) is 0. The van der Waals surface area contributed by atoms with Crippen LogP contribution in [-0.2, 0) is 0 Å². The van der Waals surface area contributed by atoms with E-state index < -0.39 is 0 Å². The van der Waals surface area contributed by atoms with E-state index in [9.17, 15) is 0 Å². The average molecular weight is 662 g/mol. The summed E-state index contributed by atoms with van der Waals surface area (Å²) >= 11 is 0. The second kappa shape index (κ2) is 12.4. The predicted molar refractivity (Wildman–Crippen MR) is 217 cm³/mol.